The Bertz CT molecular complexity index is 1620. The number of nitrogens with zero attached hydrogens (tertiary/aromatic N) is 8. The molecule has 0 atom stereocenters. The zero-order valence-electron chi connectivity index (χ0n) is 20.6. The van der Waals surface area contributed by atoms with Gasteiger partial charge in [-0.2, -0.15) is 9.35 Å². The molecule has 1 N–H and O–H groups in total. The van der Waals surface area contributed by atoms with Gasteiger partial charge < -0.3 is 15.0 Å². The van der Waals surface area contributed by atoms with Crippen molar-refractivity contribution in [2.75, 3.05) is 49.0 Å². The number of morpholine rings is 1. The number of hydrogen-bond acceptors (Lipinski definition) is 10. The van der Waals surface area contributed by atoms with Crippen molar-refractivity contribution in [2.45, 2.75) is 6.54 Å². The highest BCUT2D eigenvalue weighted by Crippen LogP contribution is 2.21. The lowest BCUT2D eigenvalue weighted by molar-refractivity contribution is 0.122. The standard InChI is InChI=1S/C24H27N9O3S/c1-4-10-32-23(34)18-16-26-24(27-17-8-9-20(25-15-17)31-11-13-36-14-12-31)29-22(18)33(32)21-7-5-6-19(28-21)30-37(2,3)35/h4-9,15-16H,1,10-14H2,2-3H3,(H,26,27,29). The molecule has 0 bridgehead atoms. The van der Waals surface area contributed by atoms with E-state index >= 15 is 0 Å². The van der Waals surface area contributed by atoms with E-state index in [1.165, 1.54) is 23.4 Å². The van der Waals surface area contributed by atoms with Gasteiger partial charge in [0.25, 0.3) is 5.56 Å². The van der Waals surface area contributed by atoms with Gasteiger partial charge in [-0.15, -0.1) is 6.58 Å². The van der Waals surface area contributed by atoms with Crippen molar-refractivity contribution < 1.29 is 8.95 Å². The van der Waals surface area contributed by atoms with Crippen molar-refractivity contribution >= 4 is 44.0 Å². The van der Waals surface area contributed by atoms with Crippen LogP contribution < -0.4 is 15.8 Å². The van der Waals surface area contributed by atoms with Crippen LogP contribution in [0.4, 0.5) is 23.3 Å². The zero-order valence-corrected chi connectivity index (χ0v) is 21.4. The number of ether oxygens (including phenoxy) is 1. The average Bonchev–Trinajstić information content (AvgIpc) is 3.15. The molecule has 192 valence electrons. The van der Waals surface area contributed by atoms with Gasteiger partial charge in [-0.05, 0) is 24.3 Å². The third-order valence-electron chi connectivity index (χ3n) is 5.57. The number of allylic oxidation sites excluding steroid dienone is 1. The third kappa shape index (κ3) is 5.37. The molecule has 4 aromatic rings. The summed E-state index contributed by atoms with van der Waals surface area (Å²) in [6.45, 7) is 6.97. The Hall–Kier alpha value is -4.10. The molecule has 0 aliphatic carbocycles. The Morgan fingerprint density at radius 3 is 2.62 bits per heavy atom. The van der Waals surface area contributed by atoms with Crippen LogP contribution in [0.25, 0.3) is 16.9 Å². The Labute approximate surface area is 213 Å². The highest BCUT2D eigenvalue weighted by atomic mass is 32.2. The Morgan fingerprint density at radius 2 is 1.92 bits per heavy atom. The molecule has 1 aliphatic heterocycles. The highest BCUT2D eigenvalue weighted by molar-refractivity contribution is 7.92. The van der Waals surface area contributed by atoms with E-state index < -0.39 is 9.73 Å². The second-order valence-electron chi connectivity index (χ2n) is 8.67. The monoisotopic (exact) mass is 521 g/mol. The van der Waals surface area contributed by atoms with Crippen LogP contribution in [-0.2, 0) is 21.0 Å². The first-order valence-corrected chi connectivity index (χ1v) is 14.0. The maximum absolute atomic E-state index is 13.2. The van der Waals surface area contributed by atoms with Gasteiger partial charge in [-0.1, -0.05) is 12.1 Å². The Morgan fingerprint density at radius 1 is 1.11 bits per heavy atom. The molecule has 5 heterocycles. The number of aromatic nitrogens is 6. The van der Waals surface area contributed by atoms with Gasteiger partial charge >= 0.3 is 0 Å². The molecule has 0 spiro atoms. The van der Waals surface area contributed by atoms with E-state index in [9.17, 15) is 9.00 Å². The second-order valence-corrected chi connectivity index (χ2v) is 11.2. The van der Waals surface area contributed by atoms with E-state index in [1.807, 2.05) is 12.1 Å². The fourth-order valence-corrected chi connectivity index (χ4v) is 4.54. The molecule has 13 heteroatoms. The average molecular weight is 522 g/mol. The minimum absolute atomic E-state index is 0.228. The summed E-state index contributed by atoms with van der Waals surface area (Å²) < 4.78 is 24.8. The predicted octanol–water partition coefficient (Wildman–Crippen LogP) is 2.50. The molecule has 0 aromatic carbocycles. The summed E-state index contributed by atoms with van der Waals surface area (Å²) in [6.07, 6.45) is 7.89. The SMILES string of the molecule is C=CCn1c(=O)c2cnc(Nc3ccc(N4CCOCC4)nc3)nc2n1-c1cccc(N=S(C)(C)=O)n1. The smallest absolute Gasteiger partial charge is 0.278 e. The van der Waals surface area contributed by atoms with Crippen LogP contribution in [-0.4, -0.2) is 72.3 Å². The summed E-state index contributed by atoms with van der Waals surface area (Å²) >= 11 is 0. The van der Waals surface area contributed by atoms with Gasteiger partial charge in [-0.25, -0.2) is 28.5 Å². The fraction of sp³-hybridized carbons (Fsp3) is 0.292. The van der Waals surface area contributed by atoms with E-state index in [1.54, 1.807) is 35.2 Å². The predicted molar refractivity (Wildman–Crippen MR) is 144 cm³/mol. The lowest BCUT2D eigenvalue weighted by atomic mass is 10.3. The first-order chi connectivity index (χ1) is 17.8. The first-order valence-electron chi connectivity index (χ1n) is 11.6. The largest absolute Gasteiger partial charge is 0.378 e. The van der Waals surface area contributed by atoms with Crippen LogP contribution in [0, 0.1) is 0 Å². The zero-order chi connectivity index (χ0) is 26.0. The highest BCUT2D eigenvalue weighted by Gasteiger charge is 2.18. The van der Waals surface area contributed by atoms with Crippen molar-refractivity contribution in [1.29, 1.82) is 0 Å². The lowest BCUT2D eigenvalue weighted by Crippen LogP contribution is -2.36. The van der Waals surface area contributed by atoms with Gasteiger partial charge in [0, 0.05) is 41.5 Å². The second kappa shape index (κ2) is 10.1. The van der Waals surface area contributed by atoms with Crippen molar-refractivity contribution in [3.63, 3.8) is 0 Å². The number of hydrogen-bond donors (Lipinski definition) is 1. The maximum atomic E-state index is 13.2. The van der Waals surface area contributed by atoms with Crippen molar-refractivity contribution in [3.8, 4) is 5.82 Å². The van der Waals surface area contributed by atoms with Gasteiger partial charge in [0.1, 0.15) is 11.2 Å². The van der Waals surface area contributed by atoms with Gasteiger partial charge in [0.05, 0.1) is 31.6 Å². The van der Waals surface area contributed by atoms with Crippen LogP contribution in [0.5, 0.6) is 0 Å². The van der Waals surface area contributed by atoms with Crippen LogP contribution in [0.1, 0.15) is 0 Å². The van der Waals surface area contributed by atoms with Crippen LogP contribution >= 0.6 is 0 Å². The normalized spacial score (nSPS) is 14.1. The number of rotatable bonds is 7. The molecule has 37 heavy (non-hydrogen) atoms. The molecular weight excluding hydrogens is 494 g/mol. The Kier molecular flexibility index (Phi) is 6.72. The summed E-state index contributed by atoms with van der Waals surface area (Å²) in [5.41, 5.74) is 0.785. The summed E-state index contributed by atoms with van der Waals surface area (Å²) in [7, 11) is -2.42. The van der Waals surface area contributed by atoms with E-state index in [-0.39, 0.29) is 12.1 Å². The van der Waals surface area contributed by atoms with E-state index in [0.29, 0.717) is 47.5 Å². The molecule has 1 aliphatic rings. The molecule has 4 aromatic heterocycles. The molecule has 0 amide bonds. The van der Waals surface area contributed by atoms with Crippen molar-refractivity contribution in [2.24, 2.45) is 4.36 Å². The maximum Gasteiger partial charge on any atom is 0.278 e. The quantitative estimate of drug-likeness (QED) is 0.364. The molecule has 0 radical (unpaired) electrons. The van der Waals surface area contributed by atoms with Crippen molar-refractivity contribution in [3.05, 3.63) is 65.7 Å². The lowest BCUT2D eigenvalue weighted by Gasteiger charge is -2.27. The fourth-order valence-electron chi connectivity index (χ4n) is 3.98. The van der Waals surface area contributed by atoms with Crippen molar-refractivity contribution in [1.82, 2.24) is 29.3 Å². The number of fused-ring (bicyclic) bond motifs is 1. The number of anilines is 3. The minimum Gasteiger partial charge on any atom is -0.378 e. The summed E-state index contributed by atoms with van der Waals surface area (Å²) in [5, 5.41) is 3.48. The van der Waals surface area contributed by atoms with E-state index in [2.05, 4.69) is 41.1 Å². The van der Waals surface area contributed by atoms with Crippen LogP contribution in [0.2, 0.25) is 0 Å². The first kappa shape index (κ1) is 24.6. The molecule has 5 rings (SSSR count). The van der Waals surface area contributed by atoms with Gasteiger partial charge in [0.2, 0.25) is 5.95 Å². The van der Waals surface area contributed by atoms with E-state index in [0.717, 1.165) is 18.9 Å². The third-order valence-corrected chi connectivity index (χ3v) is 6.19. The Balaban J connectivity index is 1.53. The molecule has 1 fully saturated rings. The van der Waals surface area contributed by atoms with E-state index in [4.69, 9.17) is 4.74 Å². The minimum atomic E-state index is -2.42. The molecule has 0 saturated carbocycles. The summed E-state index contributed by atoms with van der Waals surface area (Å²) in [4.78, 5) is 33.4. The van der Waals surface area contributed by atoms with Gasteiger partial charge in [-0.3, -0.25) is 4.79 Å². The summed E-state index contributed by atoms with van der Waals surface area (Å²) in [6, 6.07) is 8.96. The number of pyridine rings is 2. The summed E-state index contributed by atoms with van der Waals surface area (Å²) in [5.74, 6) is 1.87. The molecule has 1 saturated heterocycles. The van der Waals surface area contributed by atoms with Crippen LogP contribution in [0.3, 0.4) is 0 Å². The molecule has 0 unspecified atom stereocenters. The molecule has 12 nitrogen and oxygen atoms in total. The molecular formula is C24H27N9O3S. The number of nitrogens with one attached hydrogen (secondary N) is 1. The van der Waals surface area contributed by atoms with Gasteiger partial charge in [0.15, 0.2) is 17.3 Å². The topological polar surface area (TPSA) is 132 Å². The van der Waals surface area contributed by atoms with Crippen LogP contribution in [0.15, 0.2) is 64.5 Å².